The summed E-state index contributed by atoms with van der Waals surface area (Å²) in [5.74, 6) is -1.19. The van der Waals surface area contributed by atoms with E-state index in [-0.39, 0.29) is 5.92 Å². The van der Waals surface area contributed by atoms with E-state index in [2.05, 4.69) is 5.10 Å². The molecule has 1 heterocycles. The number of aliphatic hydroxyl groups is 1. The maximum atomic E-state index is 10.8. The Labute approximate surface area is 112 Å². The molecule has 0 amide bonds. The number of aromatic nitrogens is 2. The van der Waals surface area contributed by atoms with Gasteiger partial charge in [0, 0.05) is 12.6 Å². The third kappa shape index (κ3) is 2.52. The normalized spacial score (nSPS) is 31.3. The fourth-order valence-electron chi connectivity index (χ4n) is 3.36. The van der Waals surface area contributed by atoms with E-state index in [1.54, 1.807) is 0 Å². The highest BCUT2D eigenvalue weighted by molar-refractivity contribution is 5.71. The quantitative estimate of drug-likeness (QED) is 0.869. The van der Waals surface area contributed by atoms with Crippen LogP contribution in [0.2, 0.25) is 0 Å². The highest BCUT2D eigenvalue weighted by atomic mass is 16.4. The Hall–Kier alpha value is -1.36. The van der Waals surface area contributed by atoms with Gasteiger partial charge in [0.1, 0.15) is 0 Å². The summed E-state index contributed by atoms with van der Waals surface area (Å²) in [6, 6.07) is 2.46. The molecule has 2 saturated carbocycles. The molecule has 2 fully saturated rings. The van der Waals surface area contributed by atoms with Crippen molar-refractivity contribution in [2.24, 2.45) is 5.92 Å². The summed E-state index contributed by atoms with van der Waals surface area (Å²) in [6.45, 7) is 0. The molecule has 19 heavy (non-hydrogen) atoms. The lowest BCUT2D eigenvalue weighted by Crippen LogP contribution is -2.48. The van der Waals surface area contributed by atoms with Gasteiger partial charge in [-0.1, -0.05) is 12.8 Å². The number of carbonyl (C=O) groups is 1. The van der Waals surface area contributed by atoms with E-state index in [1.165, 1.54) is 25.7 Å². The van der Waals surface area contributed by atoms with Crippen LogP contribution in [-0.4, -0.2) is 31.6 Å². The van der Waals surface area contributed by atoms with Crippen LogP contribution >= 0.6 is 0 Å². The Morgan fingerprint density at radius 1 is 1.42 bits per heavy atom. The highest BCUT2D eigenvalue weighted by Crippen LogP contribution is 2.40. The minimum atomic E-state index is -0.863. The highest BCUT2D eigenvalue weighted by Gasteiger charge is 2.46. The van der Waals surface area contributed by atoms with Gasteiger partial charge in [0.15, 0.2) is 0 Å². The molecule has 1 aromatic heterocycles. The fraction of sp³-hybridized carbons (Fsp3) is 0.714. The first-order chi connectivity index (χ1) is 9.06. The van der Waals surface area contributed by atoms with E-state index < -0.39 is 11.6 Å². The number of hydrogen-bond donors (Lipinski definition) is 2. The van der Waals surface area contributed by atoms with Crippen LogP contribution in [0.3, 0.4) is 0 Å². The first-order valence-electron chi connectivity index (χ1n) is 7.05. The van der Waals surface area contributed by atoms with Gasteiger partial charge in [-0.05, 0) is 31.7 Å². The maximum Gasteiger partial charge on any atom is 0.306 e. The second kappa shape index (κ2) is 4.63. The molecule has 0 bridgehead atoms. The molecule has 2 N–H and O–H groups in total. The SMILES string of the molecule is O=C(O)C1CC(O)(Cc2ccn(C3CCCC3)n2)C1. The van der Waals surface area contributed by atoms with Crippen LogP contribution in [0, 0.1) is 5.92 Å². The van der Waals surface area contributed by atoms with Gasteiger partial charge in [-0.15, -0.1) is 0 Å². The summed E-state index contributed by atoms with van der Waals surface area (Å²) in [5.41, 5.74) is 0.0102. The number of nitrogens with zero attached hydrogens (tertiary/aromatic N) is 2. The number of carboxylic acid groups (broad SMARTS) is 1. The molecule has 0 atom stereocenters. The van der Waals surface area contributed by atoms with Gasteiger partial charge in [0.2, 0.25) is 0 Å². The van der Waals surface area contributed by atoms with Crippen molar-refractivity contribution in [2.45, 2.75) is 56.6 Å². The maximum absolute atomic E-state index is 10.8. The average Bonchev–Trinajstić information content (AvgIpc) is 2.94. The first-order valence-corrected chi connectivity index (χ1v) is 7.05. The summed E-state index contributed by atoms with van der Waals surface area (Å²) in [5, 5.41) is 23.6. The predicted molar refractivity (Wildman–Crippen MR) is 68.7 cm³/mol. The molecule has 1 aromatic rings. The van der Waals surface area contributed by atoms with Crippen molar-refractivity contribution in [3.8, 4) is 0 Å². The molecule has 104 valence electrons. The number of carboxylic acids is 1. The molecular weight excluding hydrogens is 244 g/mol. The van der Waals surface area contributed by atoms with Crippen LogP contribution < -0.4 is 0 Å². The van der Waals surface area contributed by atoms with Crippen molar-refractivity contribution < 1.29 is 15.0 Å². The zero-order valence-corrected chi connectivity index (χ0v) is 11.0. The summed E-state index contributed by atoms with van der Waals surface area (Å²) < 4.78 is 2.01. The third-order valence-electron chi connectivity index (χ3n) is 4.47. The zero-order valence-electron chi connectivity index (χ0n) is 11.0. The number of hydrogen-bond acceptors (Lipinski definition) is 3. The van der Waals surface area contributed by atoms with Crippen molar-refractivity contribution in [3.05, 3.63) is 18.0 Å². The van der Waals surface area contributed by atoms with Gasteiger partial charge in [-0.25, -0.2) is 0 Å². The van der Waals surface area contributed by atoms with Gasteiger partial charge < -0.3 is 10.2 Å². The van der Waals surface area contributed by atoms with Gasteiger partial charge in [-0.3, -0.25) is 9.48 Å². The monoisotopic (exact) mass is 264 g/mol. The zero-order chi connectivity index (χ0) is 13.5. The number of aliphatic carboxylic acids is 1. The molecule has 0 aliphatic heterocycles. The smallest absolute Gasteiger partial charge is 0.306 e. The lowest BCUT2D eigenvalue weighted by atomic mass is 9.69. The molecule has 5 heteroatoms. The molecule has 0 spiro atoms. The molecule has 3 rings (SSSR count). The van der Waals surface area contributed by atoms with E-state index >= 15 is 0 Å². The molecule has 5 nitrogen and oxygen atoms in total. The van der Waals surface area contributed by atoms with Crippen molar-refractivity contribution in [1.82, 2.24) is 9.78 Å². The van der Waals surface area contributed by atoms with E-state index in [0.717, 1.165) is 5.69 Å². The van der Waals surface area contributed by atoms with Gasteiger partial charge >= 0.3 is 5.97 Å². The molecule has 0 saturated heterocycles. The predicted octanol–water partition coefficient (Wildman–Crippen LogP) is 1.77. The summed E-state index contributed by atoms with van der Waals surface area (Å²) in [7, 11) is 0. The standard InChI is InChI=1S/C14H20N2O3/c17-13(18)10-7-14(19,8-10)9-11-5-6-16(15-11)12-3-1-2-4-12/h5-6,10,12,19H,1-4,7-9H2,(H,17,18). The van der Waals surface area contributed by atoms with E-state index in [0.29, 0.717) is 25.3 Å². The molecule has 2 aliphatic rings. The van der Waals surface area contributed by atoms with Crippen LogP contribution in [-0.2, 0) is 11.2 Å². The van der Waals surface area contributed by atoms with Crippen LogP contribution in [0.15, 0.2) is 12.3 Å². The summed E-state index contributed by atoms with van der Waals surface area (Å²) in [4.78, 5) is 10.8. The van der Waals surface area contributed by atoms with Gasteiger partial charge in [0.25, 0.3) is 0 Å². The average molecular weight is 264 g/mol. The van der Waals surface area contributed by atoms with Crippen LogP contribution in [0.4, 0.5) is 0 Å². The van der Waals surface area contributed by atoms with E-state index in [9.17, 15) is 9.90 Å². The molecule has 0 aromatic carbocycles. The summed E-state index contributed by atoms with van der Waals surface area (Å²) >= 11 is 0. The first kappa shape index (κ1) is 12.7. The van der Waals surface area contributed by atoms with Crippen molar-refractivity contribution in [3.63, 3.8) is 0 Å². The van der Waals surface area contributed by atoms with Crippen molar-refractivity contribution in [2.75, 3.05) is 0 Å². The topological polar surface area (TPSA) is 75.3 Å². The second-order valence-electron chi connectivity index (χ2n) is 6.07. The Kier molecular flexibility index (Phi) is 3.09. The van der Waals surface area contributed by atoms with Crippen LogP contribution in [0.1, 0.15) is 50.3 Å². The molecule has 2 aliphatic carbocycles. The Morgan fingerprint density at radius 3 is 2.74 bits per heavy atom. The van der Waals surface area contributed by atoms with E-state index in [1.807, 2.05) is 16.9 Å². The van der Waals surface area contributed by atoms with Crippen molar-refractivity contribution >= 4 is 5.97 Å². The Bertz CT molecular complexity index is 471. The van der Waals surface area contributed by atoms with Gasteiger partial charge in [-0.2, -0.15) is 5.10 Å². The molecule has 0 radical (unpaired) electrons. The third-order valence-corrected chi connectivity index (χ3v) is 4.47. The van der Waals surface area contributed by atoms with Crippen molar-refractivity contribution in [1.29, 1.82) is 0 Å². The van der Waals surface area contributed by atoms with Gasteiger partial charge in [0.05, 0.1) is 23.3 Å². The summed E-state index contributed by atoms with van der Waals surface area (Å²) in [6.07, 6.45) is 8.06. The Balaban J connectivity index is 1.60. The lowest BCUT2D eigenvalue weighted by Gasteiger charge is -2.41. The lowest BCUT2D eigenvalue weighted by molar-refractivity contribution is -0.158. The van der Waals surface area contributed by atoms with Crippen LogP contribution in [0.25, 0.3) is 0 Å². The minimum absolute atomic E-state index is 0.346. The second-order valence-corrected chi connectivity index (χ2v) is 6.07. The minimum Gasteiger partial charge on any atom is -0.481 e. The van der Waals surface area contributed by atoms with E-state index in [4.69, 9.17) is 5.11 Å². The molecule has 0 unspecified atom stereocenters. The largest absolute Gasteiger partial charge is 0.481 e. The molecular formula is C14H20N2O3. The number of rotatable bonds is 4. The fourth-order valence-corrected chi connectivity index (χ4v) is 3.36. The Morgan fingerprint density at radius 2 is 2.11 bits per heavy atom. The van der Waals surface area contributed by atoms with Crippen LogP contribution in [0.5, 0.6) is 0 Å².